The molecule has 0 spiro atoms. The van der Waals surface area contributed by atoms with Gasteiger partial charge in [0.15, 0.2) is 0 Å². The van der Waals surface area contributed by atoms with Crippen molar-refractivity contribution in [1.82, 2.24) is 9.88 Å². The number of halogens is 3. The van der Waals surface area contributed by atoms with Gasteiger partial charge in [0, 0.05) is 48.2 Å². The standard InChI is InChI=1S/C21H24N2O3.C2HF3O2/c24-20(17-5-6-19-16(8-17)2-1-7-22-19)23-9-18-11-26-14-21(18,12-23)13-25-10-15-3-4-15;3-2(4,5)1(6)7/h1-2,5-8,15,18H,3-4,9-14H2;(H,6,7)/t18-,21-;/m1./s1. The number of benzene rings is 1. The van der Waals surface area contributed by atoms with E-state index in [1.54, 1.807) is 6.20 Å². The third kappa shape index (κ3) is 5.44. The Kier molecular flexibility index (Phi) is 6.58. The van der Waals surface area contributed by atoms with Crippen molar-refractivity contribution in [1.29, 1.82) is 0 Å². The van der Waals surface area contributed by atoms with Crippen molar-refractivity contribution in [2.75, 3.05) is 39.5 Å². The lowest BCUT2D eigenvalue weighted by atomic mass is 9.82. The summed E-state index contributed by atoms with van der Waals surface area (Å²) in [6, 6.07) is 9.67. The van der Waals surface area contributed by atoms with E-state index in [1.165, 1.54) is 12.8 Å². The van der Waals surface area contributed by atoms with Crippen molar-refractivity contribution in [2.24, 2.45) is 17.3 Å². The zero-order chi connectivity index (χ0) is 23.6. The molecule has 5 rings (SSSR count). The van der Waals surface area contributed by atoms with Crippen molar-refractivity contribution in [3.63, 3.8) is 0 Å². The van der Waals surface area contributed by atoms with Gasteiger partial charge in [-0.3, -0.25) is 9.78 Å². The molecule has 2 saturated heterocycles. The van der Waals surface area contributed by atoms with Crippen LogP contribution in [-0.2, 0) is 14.3 Å². The first-order valence-electron chi connectivity index (χ1n) is 10.8. The predicted molar refractivity (Wildman–Crippen MR) is 112 cm³/mol. The minimum Gasteiger partial charge on any atom is -0.475 e. The number of alkyl halides is 3. The van der Waals surface area contributed by atoms with E-state index in [9.17, 15) is 18.0 Å². The molecule has 3 fully saturated rings. The van der Waals surface area contributed by atoms with Crippen molar-refractivity contribution < 1.29 is 37.3 Å². The van der Waals surface area contributed by atoms with Crippen molar-refractivity contribution >= 4 is 22.8 Å². The number of carbonyl (C=O) groups excluding carboxylic acids is 1. The molecule has 1 aliphatic carbocycles. The van der Waals surface area contributed by atoms with Crippen LogP contribution in [0.15, 0.2) is 36.5 Å². The Balaban J connectivity index is 0.000000325. The number of carboxylic acids is 1. The molecule has 1 N–H and O–H groups in total. The molecule has 1 amide bonds. The predicted octanol–water partition coefficient (Wildman–Crippen LogP) is 3.38. The minimum absolute atomic E-state index is 0.0248. The van der Waals surface area contributed by atoms with Crippen LogP contribution in [0.5, 0.6) is 0 Å². The fourth-order valence-corrected chi connectivity index (χ4v) is 4.30. The molecule has 7 nitrogen and oxygen atoms in total. The Morgan fingerprint density at radius 2 is 2.03 bits per heavy atom. The third-order valence-corrected chi connectivity index (χ3v) is 6.34. The van der Waals surface area contributed by atoms with E-state index >= 15 is 0 Å². The zero-order valence-electron chi connectivity index (χ0n) is 17.9. The Bertz CT molecular complexity index is 1030. The lowest BCUT2D eigenvalue weighted by molar-refractivity contribution is -0.192. The lowest BCUT2D eigenvalue weighted by Crippen LogP contribution is -2.37. The highest BCUT2D eigenvalue weighted by atomic mass is 19.4. The summed E-state index contributed by atoms with van der Waals surface area (Å²) in [5, 5.41) is 8.13. The second-order valence-corrected chi connectivity index (χ2v) is 8.93. The third-order valence-electron chi connectivity index (χ3n) is 6.34. The summed E-state index contributed by atoms with van der Waals surface area (Å²) >= 11 is 0. The number of likely N-dealkylation sites (tertiary alicyclic amines) is 1. The van der Waals surface area contributed by atoms with E-state index in [4.69, 9.17) is 19.4 Å². The molecule has 2 aromatic rings. The monoisotopic (exact) mass is 466 g/mol. The second kappa shape index (κ2) is 9.26. The van der Waals surface area contributed by atoms with E-state index < -0.39 is 12.1 Å². The molecule has 0 unspecified atom stereocenters. The summed E-state index contributed by atoms with van der Waals surface area (Å²) in [4.78, 5) is 28.3. The summed E-state index contributed by atoms with van der Waals surface area (Å²) in [6.45, 7) is 4.49. The van der Waals surface area contributed by atoms with Crippen LogP contribution in [0.25, 0.3) is 10.9 Å². The van der Waals surface area contributed by atoms with Crippen LogP contribution < -0.4 is 0 Å². The maximum Gasteiger partial charge on any atom is 0.490 e. The second-order valence-electron chi connectivity index (χ2n) is 8.93. The molecule has 3 aliphatic rings. The lowest BCUT2D eigenvalue weighted by Gasteiger charge is -2.27. The number of pyridine rings is 1. The maximum absolute atomic E-state index is 13.1. The smallest absolute Gasteiger partial charge is 0.475 e. The summed E-state index contributed by atoms with van der Waals surface area (Å²) in [5.74, 6) is -1.51. The summed E-state index contributed by atoms with van der Waals surface area (Å²) in [5.41, 5.74) is 1.63. The van der Waals surface area contributed by atoms with Crippen LogP contribution >= 0.6 is 0 Å². The highest BCUT2D eigenvalue weighted by Crippen LogP contribution is 2.42. The van der Waals surface area contributed by atoms with E-state index in [0.29, 0.717) is 19.1 Å². The first-order valence-corrected chi connectivity index (χ1v) is 10.8. The summed E-state index contributed by atoms with van der Waals surface area (Å²) < 4.78 is 43.5. The SMILES string of the molecule is O=C(O)C(F)(F)F.O=C(c1ccc2ncccc2c1)N1C[C@@H]2COC[C@]2(COCC2CC2)C1. The van der Waals surface area contributed by atoms with Gasteiger partial charge >= 0.3 is 12.1 Å². The number of fused-ring (bicyclic) bond motifs is 2. The Morgan fingerprint density at radius 1 is 1.27 bits per heavy atom. The highest BCUT2D eigenvalue weighted by molar-refractivity contribution is 5.98. The number of aliphatic carboxylic acids is 1. The molecular formula is C23H25F3N2O5. The van der Waals surface area contributed by atoms with Gasteiger partial charge < -0.3 is 19.5 Å². The van der Waals surface area contributed by atoms with Crippen molar-refractivity contribution in [3.8, 4) is 0 Å². The molecule has 33 heavy (non-hydrogen) atoms. The van der Waals surface area contributed by atoms with Gasteiger partial charge in [-0.2, -0.15) is 13.2 Å². The molecular weight excluding hydrogens is 441 g/mol. The van der Waals surface area contributed by atoms with Crippen LogP contribution in [0, 0.1) is 17.3 Å². The fourth-order valence-electron chi connectivity index (χ4n) is 4.30. The van der Waals surface area contributed by atoms with E-state index in [-0.39, 0.29) is 11.3 Å². The fraction of sp³-hybridized carbons (Fsp3) is 0.522. The molecule has 1 aromatic carbocycles. The van der Waals surface area contributed by atoms with E-state index in [2.05, 4.69) is 4.98 Å². The zero-order valence-corrected chi connectivity index (χ0v) is 17.9. The van der Waals surface area contributed by atoms with Crippen LogP contribution in [0.4, 0.5) is 13.2 Å². The summed E-state index contributed by atoms with van der Waals surface area (Å²) in [7, 11) is 0. The number of aromatic nitrogens is 1. The number of rotatable bonds is 5. The number of nitrogens with zero attached hydrogens (tertiary/aromatic N) is 2. The number of amides is 1. The topological polar surface area (TPSA) is 89.0 Å². The number of hydrogen-bond acceptors (Lipinski definition) is 5. The first-order chi connectivity index (χ1) is 15.7. The number of carboxylic acid groups (broad SMARTS) is 1. The molecule has 10 heteroatoms. The molecule has 1 saturated carbocycles. The van der Waals surface area contributed by atoms with Crippen molar-refractivity contribution in [3.05, 3.63) is 42.1 Å². The molecule has 0 radical (unpaired) electrons. The minimum atomic E-state index is -5.08. The Hall–Kier alpha value is -2.72. The van der Waals surface area contributed by atoms with Gasteiger partial charge in [-0.05, 0) is 43.0 Å². The van der Waals surface area contributed by atoms with Crippen LogP contribution in [0.2, 0.25) is 0 Å². The van der Waals surface area contributed by atoms with Gasteiger partial charge in [0.1, 0.15) is 0 Å². The quantitative estimate of drug-likeness (QED) is 0.727. The Labute approximate surface area is 188 Å². The van der Waals surface area contributed by atoms with E-state index in [0.717, 1.165) is 48.7 Å². The molecule has 2 atom stereocenters. The van der Waals surface area contributed by atoms with Gasteiger partial charge in [-0.1, -0.05) is 6.07 Å². The summed E-state index contributed by atoms with van der Waals surface area (Å²) in [6.07, 6.45) is -0.709. The maximum atomic E-state index is 13.1. The molecule has 1 aromatic heterocycles. The average Bonchev–Trinajstić information content (AvgIpc) is 3.41. The normalized spacial score (nSPS) is 24.3. The number of carbonyl (C=O) groups is 2. The van der Waals surface area contributed by atoms with Crippen LogP contribution in [-0.4, -0.2) is 72.6 Å². The van der Waals surface area contributed by atoms with Gasteiger partial charge in [0.05, 0.1) is 25.3 Å². The average molecular weight is 466 g/mol. The highest BCUT2D eigenvalue weighted by Gasteiger charge is 2.52. The largest absolute Gasteiger partial charge is 0.490 e. The number of ether oxygens (including phenoxy) is 2. The van der Waals surface area contributed by atoms with Gasteiger partial charge in [0.2, 0.25) is 0 Å². The Morgan fingerprint density at radius 3 is 2.73 bits per heavy atom. The van der Waals surface area contributed by atoms with Gasteiger partial charge in [-0.15, -0.1) is 0 Å². The van der Waals surface area contributed by atoms with Gasteiger partial charge in [0.25, 0.3) is 5.91 Å². The first kappa shape index (κ1) is 23.4. The van der Waals surface area contributed by atoms with Crippen LogP contribution in [0.3, 0.4) is 0 Å². The molecule has 0 bridgehead atoms. The molecule has 178 valence electrons. The van der Waals surface area contributed by atoms with Gasteiger partial charge in [-0.25, -0.2) is 4.79 Å². The van der Waals surface area contributed by atoms with E-state index in [1.807, 2.05) is 35.2 Å². The molecule has 3 heterocycles. The number of hydrogen-bond donors (Lipinski definition) is 1. The molecule has 2 aliphatic heterocycles. The van der Waals surface area contributed by atoms with Crippen LogP contribution in [0.1, 0.15) is 23.2 Å². The van der Waals surface area contributed by atoms with Crippen molar-refractivity contribution in [2.45, 2.75) is 19.0 Å².